The summed E-state index contributed by atoms with van der Waals surface area (Å²) >= 11 is 0. The van der Waals surface area contributed by atoms with Crippen LogP contribution in [0.1, 0.15) is 29.5 Å². The van der Waals surface area contributed by atoms with Crippen molar-refractivity contribution < 1.29 is 14.3 Å². The summed E-state index contributed by atoms with van der Waals surface area (Å²) in [4.78, 5) is 22.4. The Kier molecular flexibility index (Phi) is 6.06. The number of benzene rings is 1. The van der Waals surface area contributed by atoms with Crippen LogP contribution in [0.25, 0.3) is 0 Å². The first-order chi connectivity index (χ1) is 9.02. The predicted molar refractivity (Wildman–Crippen MR) is 73.9 cm³/mol. The highest BCUT2D eigenvalue weighted by atomic mass is 16.5. The van der Waals surface area contributed by atoms with Crippen LogP contribution in [0.4, 0.5) is 0 Å². The molecular formula is C15H21NO3. The minimum Gasteiger partial charge on any atom is -0.469 e. The second kappa shape index (κ2) is 7.56. The summed E-state index contributed by atoms with van der Waals surface area (Å²) in [6.07, 6.45) is 1.11. The van der Waals surface area contributed by atoms with Crippen LogP contribution in [0.15, 0.2) is 18.2 Å². The van der Waals surface area contributed by atoms with Crippen molar-refractivity contribution in [2.75, 3.05) is 13.7 Å². The number of nitrogens with one attached hydrogen (secondary N) is 1. The molecule has 1 rings (SSSR count). The summed E-state index contributed by atoms with van der Waals surface area (Å²) in [5, 5.41) is 2.81. The molecule has 1 aromatic rings. The number of carbonyl (C=O) groups excluding carboxylic acids is 2. The molecule has 104 valence electrons. The molecule has 4 heteroatoms. The predicted octanol–water partition coefficient (Wildman–Crippen LogP) is 1.92. The van der Waals surface area contributed by atoms with Crippen molar-refractivity contribution in [2.24, 2.45) is 0 Å². The van der Waals surface area contributed by atoms with Gasteiger partial charge >= 0.3 is 5.97 Å². The first-order valence-electron chi connectivity index (χ1n) is 6.42. The molecule has 1 N–H and O–H groups in total. The van der Waals surface area contributed by atoms with Crippen LogP contribution in [-0.4, -0.2) is 25.5 Å². The van der Waals surface area contributed by atoms with E-state index in [4.69, 9.17) is 0 Å². The Labute approximate surface area is 114 Å². The van der Waals surface area contributed by atoms with E-state index in [1.54, 1.807) is 0 Å². The molecule has 0 unspecified atom stereocenters. The average molecular weight is 263 g/mol. The minimum absolute atomic E-state index is 0.115. The van der Waals surface area contributed by atoms with E-state index in [0.717, 1.165) is 6.42 Å². The Morgan fingerprint density at radius 1 is 1.21 bits per heavy atom. The molecule has 0 atom stereocenters. The topological polar surface area (TPSA) is 55.4 Å². The van der Waals surface area contributed by atoms with Gasteiger partial charge in [-0.3, -0.25) is 9.59 Å². The smallest absolute Gasteiger partial charge is 0.306 e. The van der Waals surface area contributed by atoms with Crippen molar-refractivity contribution in [1.29, 1.82) is 0 Å². The van der Waals surface area contributed by atoms with Gasteiger partial charge in [-0.05, 0) is 31.4 Å². The molecule has 4 nitrogen and oxygen atoms in total. The maximum absolute atomic E-state index is 11.5. The van der Waals surface area contributed by atoms with Crippen molar-refractivity contribution in [3.63, 3.8) is 0 Å². The maximum Gasteiger partial charge on any atom is 0.306 e. The Hall–Kier alpha value is -1.84. The zero-order valence-electron chi connectivity index (χ0n) is 11.8. The first kappa shape index (κ1) is 15.2. The van der Waals surface area contributed by atoms with E-state index in [1.165, 1.54) is 23.8 Å². The molecule has 0 aromatic heterocycles. The van der Waals surface area contributed by atoms with E-state index in [9.17, 15) is 9.59 Å². The van der Waals surface area contributed by atoms with E-state index < -0.39 is 0 Å². The molecule has 1 aromatic carbocycles. The Bertz CT molecular complexity index is 455. The maximum atomic E-state index is 11.5. The molecule has 0 radical (unpaired) electrons. The standard InChI is InChI=1S/C15H21NO3/c1-11-4-5-12(2)13(10-11)8-9-16-14(17)6-7-15(18)19-3/h4-5,10H,6-9H2,1-3H3,(H,16,17). The van der Waals surface area contributed by atoms with Crippen molar-refractivity contribution in [1.82, 2.24) is 5.32 Å². The normalized spacial score (nSPS) is 10.1. The van der Waals surface area contributed by atoms with Gasteiger partial charge in [-0.25, -0.2) is 0 Å². The van der Waals surface area contributed by atoms with E-state index >= 15 is 0 Å². The van der Waals surface area contributed by atoms with Gasteiger partial charge in [0.1, 0.15) is 0 Å². The number of aryl methyl sites for hydroxylation is 2. The van der Waals surface area contributed by atoms with Gasteiger partial charge in [-0.15, -0.1) is 0 Å². The summed E-state index contributed by atoms with van der Waals surface area (Å²) in [5.74, 6) is -0.472. The number of ether oxygens (including phenoxy) is 1. The van der Waals surface area contributed by atoms with Gasteiger partial charge in [0.05, 0.1) is 13.5 Å². The molecule has 0 fully saturated rings. The van der Waals surface area contributed by atoms with Crippen molar-refractivity contribution in [3.05, 3.63) is 34.9 Å². The largest absolute Gasteiger partial charge is 0.469 e. The van der Waals surface area contributed by atoms with E-state index in [2.05, 4.69) is 42.1 Å². The van der Waals surface area contributed by atoms with Gasteiger partial charge in [0.2, 0.25) is 5.91 Å². The zero-order chi connectivity index (χ0) is 14.3. The number of hydrogen-bond acceptors (Lipinski definition) is 3. The van der Waals surface area contributed by atoms with Gasteiger partial charge in [0.25, 0.3) is 0 Å². The molecule has 0 heterocycles. The lowest BCUT2D eigenvalue weighted by Gasteiger charge is -2.08. The summed E-state index contributed by atoms with van der Waals surface area (Å²) in [6, 6.07) is 6.30. The van der Waals surface area contributed by atoms with Crippen molar-refractivity contribution in [2.45, 2.75) is 33.1 Å². The number of amides is 1. The minimum atomic E-state index is -0.357. The molecule has 0 spiro atoms. The van der Waals surface area contributed by atoms with Crippen LogP contribution in [0, 0.1) is 13.8 Å². The Balaban J connectivity index is 2.32. The lowest BCUT2D eigenvalue weighted by molar-refractivity contribution is -0.142. The summed E-state index contributed by atoms with van der Waals surface area (Å²) in [6.45, 7) is 4.70. The van der Waals surface area contributed by atoms with E-state index in [1.807, 2.05) is 0 Å². The second-order valence-electron chi connectivity index (χ2n) is 4.61. The lowest BCUT2D eigenvalue weighted by atomic mass is 10.0. The third-order valence-electron chi connectivity index (χ3n) is 3.00. The fraction of sp³-hybridized carbons (Fsp3) is 0.467. The molecule has 0 aliphatic rings. The molecular weight excluding hydrogens is 242 g/mol. The highest BCUT2D eigenvalue weighted by Gasteiger charge is 2.06. The number of esters is 1. The molecule has 0 aliphatic heterocycles. The van der Waals surface area contributed by atoms with Crippen LogP contribution < -0.4 is 5.32 Å². The van der Waals surface area contributed by atoms with E-state index in [-0.39, 0.29) is 24.7 Å². The average Bonchev–Trinajstić information content (AvgIpc) is 2.40. The lowest BCUT2D eigenvalue weighted by Crippen LogP contribution is -2.26. The fourth-order valence-corrected chi connectivity index (χ4v) is 1.81. The Morgan fingerprint density at radius 3 is 2.63 bits per heavy atom. The van der Waals surface area contributed by atoms with Crippen molar-refractivity contribution >= 4 is 11.9 Å². The van der Waals surface area contributed by atoms with Crippen LogP contribution in [0.3, 0.4) is 0 Å². The van der Waals surface area contributed by atoms with Crippen LogP contribution >= 0.6 is 0 Å². The summed E-state index contributed by atoms with van der Waals surface area (Å²) in [5.41, 5.74) is 3.69. The van der Waals surface area contributed by atoms with Gasteiger partial charge in [0, 0.05) is 13.0 Å². The van der Waals surface area contributed by atoms with Gasteiger partial charge < -0.3 is 10.1 Å². The molecule has 1 amide bonds. The van der Waals surface area contributed by atoms with Crippen LogP contribution in [0.5, 0.6) is 0 Å². The quantitative estimate of drug-likeness (QED) is 0.798. The molecule has 0 saturated carbocycles. The third-order valence-corrected chi connectivity index (χ3v) is 3.00. The number of methoxy groups -OCH3 is 1. The first-order valence-corrected chi connectivity index (χ1v) is 6.42. The Morgan fingerprint density at radius 2 is 1.95 bits per heavy atom. The second-order valence-corrected chi connectivity index (χ2v) is 4.61. The zero-order valence-corrected chi connectivity index (χ0v) is 11.8. The SMILES string of the molecule is COC(=O)CCC(=O)NCCc1cc(C)ccc1C. The van der Waals surface area contributed by atoms with Crippen LogP contribution in [0.2, 0.25) is 0 Å². The van der Waals surface area contributed by atoms with Gasteiger partial charge in [0.15, 0.2) is 0 Å². The van der Waals surface area contributed by atoms with Crippen molar-refractivity contribution in [3.8, 4) is 0 Å². The summed E-state index contributed by atoms with van der Waals surface area (Å²) < 4.78 is 4.48. The third kappa shape index (κ3) is 5.55. The molecule has 0 saturated heterocycles. The molecule has 19 heavy (non-hydrogen) atoms. The summed E-state index contributed by atoms with van der Waals surface area (Å²) in [7, 11) is 1.32. The molecule has 0 aliphatic carbocycles. The fourth-order valence-electron chi connectivity index (χ4n) is 1.81. The van der Waals surface area contributed by atoms with Gasteiger partial charge in [-0.1, -0.05) is 23.8 Å². The van der Waals surface area contributed by atoms with Crippen LogP contribution in [-0.2, 0) is 20.7 Å². The number of carbonyl (C=O) groups is 2. The van der Waals surface area contributed by atoms with E-state index in [0.29, 0.717) is 6.54 Å². The molecule has 0 bridgehead atoms. The number of rotatable bonds is 6. The highest BCUT2D eigenvalue weighted by molar-refractivity contribution is 5.81. The monoisotopic (exact) mass is 263 g/mol. The van der Waals surface area contributed by atoms with Gasteiger partial charge in [-0.2, -0.15) is 0 Å². The number of hydrogen-bond donors (Lipinski definition) is 1. The highest BCUT2D eigenvalue weighted by Crippen LogP contribution is 2.10.